The molecule has 2 bridgehead atoms. The lowest BCUT2D eigenvalue weighted by atomic mass is 9.56. The second kappa shape index (κ2) is 9.07. The number of unbranched alkanes of at least 4 members (excludes halogenated alkanes) is 2. The molecule has 0 spiro atoms. The predicted molar refractivity (Wildman–Crippen MR) is 102 cm³/mol. The smallest absolute Gasteiger partial charge is 0.407 e. The number of hydrogen-bond donors (Lipinski definition) is 1. The number of fused-ring (bicyclic) bond motifs is 2. The summed E-state index contributed by atoms with van der Waals surface area (Å²) in [5.41, 5.74) is 1.35. The monoisotopic (exact) mass is 351 g/mol. The van der Waals surface area contributed by atoms with Crippen molar-refractivity contribution in [1.29, 1.82) is 0 Å². The molecule has 144 valence electrons. The normalized spacial score (nSPS) is 34.4. The summed E-state index contributed by atoms with van der Waals surface area (Å²) in [6, 6.07) is 0. The third-order valence-electron chi connectivity index (χ3n) is 6.47. The van der Waals surface area contributed by atoms with Gasteiger partial charge in [0.2, 0.25) is 0 Å². The zero-order valence-corrected chi connectivity index (χ0v) is 16.8. The van der Waals surface area contributed by atoms with Crippen molar-refractivity contribution in [2.24, 2.45) is 23.2 Å². The van der Waals surface area contributed by atoms with E-state index in [1.807, 2.05) is 0 Å². The maximum absolute atomic E-state index is 12.0. The van der Waals surface area contributed by atoms with Crippen LogP contribution in [-0.4, -0.2) is 32.0 Å². The van der Waals surface area contributed by atoms with E-state index in [1.165, 1.54) is 18.4 Å². The van der Waals surface area contributed by atoms with Crippen LogP contribution in [0.1, 0.15) is 66.7 Å². The maximum Gasteiger partial charge on any atom is 0.407 e. The van der Waals surface area contributed by atoms with Crippen molar-refractivity contribution in [2.45, 2.75) is 72.8 Å². The summed E-state index contributed by atoms with van der Waals surface area (Å²) in [5, 5.41) is 2.85. The molecule has 4 nitrogen and oxygen atoms in total. The van der Waals surface area contributed by atoms with Crippen LogP contribution in [0.4, 0.5) is 4.79 Å². The Morgan fingerprint density at radius 1 is 1.32 bits per heavy atom. The fourth-order valence-corrected chi connectivity index (χ4v) is 4.67. The fraction of sp³-hybridized carbons (Fsp3) is 0.857. The lowest BCUT2D eigenvalue weighted by Gasteiger charge is -2.55. The Balaban J connectivity index is 2.05. The molecule has 1 heterocycles. The second-order valence-electron chi connectivity index (χ2n) is 8.10. The van der Waals surface area contributed by atoms with Gasteiger partial charge in [0.25, 0.3) is 0 Å². The summed E-state index contributed by atoms with van der Waals surface area (Å²) in [5.74, 6) is 1.27. The number of rotatable bonds is 8. The van der Waals surface area contributed by atoms with Crippen LogP contribution in [0.2, 0.25) is 0 Å². The molecule has 4 heteroatoms. The largest absolute Gasteiger partial charge is 0.449 e. The average molecular weight is 352 g/mol. The van der Waals surface area contributed by atoms with Crippen LogP contribution in [0.5, 0.6) is 0 Å². The minimum absolute atomic E-state index is 0.102. The highest BCUT2D eigenvalue weighted by atomic mass is 16.6. The minimum atomic E-state index is -0.293. The highest BCUT2D eigenvalue weighted by Gasteiger charge is 2.53. The molecule has 2 aliphatic rings. The van der Waals surface area contributed by atoms with E-state index in [9.17, 15) is 4.79 Å². The summed E-state index contributed by atoms with van der Waals surface area (Å²) < 4.78 is 12.0. The maximum atomic E-state index is 12.0. The summed E-state index contributed by atoms with van der Waals surface area (Å²) in [4.78, 5) is 12.0. The standard InChI is InChI=1S/C21H37NO3/c1-6-8-10-18-19-15(3)12-16(4)21(13-24-18,17(19)5)14-25-20(23)22-11-9-7-2/h12,16-19H,6-11,13-14H2,1-5H3,(H,22,23)/t16-,17-,18+,19+,21-/m1/s1. The molecule has 1 amide bonds. The van der Waals surface area contributed by atoms with E-state index in [0.717, 1.165) is 19.3 Å². The quantitative estimate of drug-likeness (QED) is 0.498. The van der Waals surface area contributed by atoms with E-state index in [-0.39, 0.29) is 11.5 Å². The first-order valence-corrected chi connectivity index (χ1v) is 10.2. The van der Waals surface area contributed by atoms with Gasteiger partial charge >= 0.3 is 6.09 Å². The molecule has 0 radical (unpaired) electrons. The molecule has 1 fully saturated rings. The molecule has 0 saturated carbocycles. The van der Waals surface area contributed by atoms with Gasteiger partial charge in [-0.2, -0.15) is 0 Å². The van der Waals surface area contributed by atoms with Crippen LogP contribution in [0, 0.1) is 23.2 Å². The molecule has 0 unspecified atom stereocenters. The first kappa shape index (κ1) is 20.3. The molecule has 25 heavy (non-hydrogen) atoms. The predicted octanol–water partition coefficient (Wildman–Crippen LogP) is 4.94. The Morgan fingerprint density at radius 3 is 2.72 bits per heavy atom. The number of carbonyl (C=O) groups is 1. The summed E-state index contributed by atoms with van der Waals surface area (Å²) in [6.07, 6.45) is 8.00. The van der Waals surface area contributed by atoms with Crippen LogP contribution >= 0.6 is 0 Å². The molecular formula is C21H37NO3. The van der Waals surface area contributed by atoms with E-state index in [1.54, 1.807) is 0 Å². The lowest BCUT2D eigenvalue weighted by molar-refractivity contribution is -0.165. The van der Waals surface area contributed by atoms with Crippen LogP contribution in [0.25, 0.3) is 0 Å². The van der Waals surface area contributed by atoms with E-state index in [4.69, 9.17) is 9.47 Å². The number of carbonyl (C=O) groups excluding carboxylic acids is 1. The van der Waals surface area contributed by atoms with Crippen LogP contribution < -0.4 is 5.32 Å². The molecule has 1 saturated heterocycles. The van der Waals surface area contributed by atoms with Gasteiger partial charge in [-0.05, 0) is 31.6 Å². The molecule has 0 aromatic rings. The molecule has 1 aliphatic heterocycles. The van der Waals surface area contributed by atoms with Crippen molar-refractivity contribution in [2.75, 3.05) is 19.8 Å². The van der Waals surface area contributed by atoms with Gasteiger partial charge in [0, 0.05) is 17.9 Å². The average Bonchev–Trinajstić information content (AvgIpc) is 2.58. The molecule has 2 rings (SSSR count). The Kier molecular flexibility index (Phi) is 7.36. The van der Waals surface area contributed by atoms with Crippen LogP contribution in [-0.2, 0) is 9.47 Å². The number of alkyl carbamates (subject to hydrolysis) is 1. The molecule has 5 atom stereocenters. The van der Waals surface area contributed by atoms with E-state index in [2.05, 4.69) is 46.0 Å². The summed E-state index contributed by atoms with van der Waals surface area (Å²) in [7, 11) is 0. The highest BCUT2D eigenvalue weighted by Crippen LogP contribution is 2.53. The van der Waals surface area contributed by atoms with E-state index >= 15 is 0 Å². The lowest BCUT2D eigenvalue weighted by Crippen LogP contribution is -2.57. The summed E-state index contributed by atoms with van der Waals surface area (Å²) in [6.45, 7) is 13.0. The van der Waals surface area contributed by atoms with Gasteiger partial charge in [-0.15, -0.1) is 0 Å². The van der Waals surface area contributed by atoms with Gasteiger partial charge in [0.1, 0.15) is 6.61 Å². The molecule has 0 aromatic heterocycles. The first-order valence-electron chi connectivity index (χ1n) is 10.2. The first-order chi connectivity index (χ1) is 12.0. The number of amides is 1. The minimum Gasteiger partial charge on any atom is -0.449 e. The SMILES string of the molecule is CCCCNC(=O)OC[C@]12CO[C@@H](CCCC)[C@@H](C(C)=C[C@H]1C)[C@H]2C. The number of allylic oxidation sites excluding steroid dienone is 1. The zero-order valence-electron chi connectivity index (χ0n) is 16.8. The van der Waals surface area contributed by atoms with Crippen LogP contribution in [0.15, 0.2) is 11.6 Å². The van der Waals surface area contributed by atoms with Crippen molar-refractivity contribution in [1.82, 2.24) is 5.32 Å². The van der Waals surface area contributed by atoms with Crippen molar-refractivity contribution >= 4 is 6.09 Å². The van der Waals surface area contributed by atoms with E-state index < -0.39 is 0 Å². The third-order valence-corrected chi connectivity index (χ3v) is 6.47. The van der Waals surface area contributed by atoms with Crippen molar-refractivity contribution in [3.63, 3.8) is 0 Å². The van der Waals surface area contributed by atoms with Crippen molar-refractivity contribution in [3.05, 3.63) is 11.6 Å². The van der Waals surface area contributed by atoms with Gasteiger partial charge in [-0.1, -0.05) is 58.6 Å². The molecule has 1 aliphatic carbocycles. The van der Waals surface area contributed by atoms with Gasteiger partial charge in [-0.3, -0.25) is 0 Å². The molecule has 0 aromatic carbocycles. The number of ether oxygens (including phenoxy) is 2. The van der Waals surface area contributed by atoms with Crippen molar-refractivity contribution in [3.8, 4) is 0 Å². The Labute approximate surface area is 153 Å². The van der Waals surface area contributed by atoms with E-state index in [0.29, 0.717) is 43.6 Å². The van der Waals surface area contributed by atoms with Gasteiger partial charge in [0.15, 0.2) is 0 Å². The van der Waals surface area contributed by atoms with Crippen LogP contribution in [0.3, 0.4) is 0 Å². The van der Waals surface area contributed by atoms with Gasteiger partial charge in [0.05, 0.1) is 12.7 Å². The Bertz CT molecular complexity index is 476. The van der Waals surface area contributed by atoms with Gasteiger partial charge in [-0.25, -0.2) is 4.79 Å². The Morgan fingerprint density at radius 2 is 2.04 bits per heavy atom. The Hall–Kier alpha value is -1.03. The fourth-order valence-electron chi connectivity index (χ4n) is 4.67. The molecular weight excluding hydrogens is 314 g/mol. The zero-order chi connectivity index (χ0) is 18.4. The van der Waals surface area contributed by atoms with Crippen molar-refractivity contribution < 1.29 is 14.3 Å². The van der Waals surface area contributed by atoms with Gasteiger partial charge < -0.3 is 14.8 Å². The second-order valence-corrected chi connectivity index (χ2v) is 8.10. The third kappa shape index (κ3) is 4.39. The topological polar surface area (TPSA) is 47.6 Å². The number of nitrogens with one attached hydrogen (secondary N) is 1. The number of hydrogen-bond acceptors (Lipinski definition) is 3. The highest BCUT2D eigenvalue weighted by molar-refractivity contribution is 5.67. The summed E-state index contributed by atoms with van der Waals surface area (Å²) >= 11 is 0. The molecule has 1 N–H and O–H groups in total.